The number of carbonyl (C=O) groups excluding carboxylic acids is 2. The molecule has 3 N–H and O–H groups in total. The Morgan fingerprint density at radius 3 is 2.50 bits per heavy atom. The highest BCUT2D eigenvalue weighted by molar-refractivity contribution is 6.30. The summed E-state index contributed by atoms with van der Waals surface area (Å²) in [6.07, 6.45) is 0.824. The van der Waals surface area contributed by atoms with E-state index in [-0.39, 0.29) is 6.54 Å². The summed E-state index contributed by atoms with van der Waals surface area (Å²) in [7, 11) is 0. The van der Waals surface area contributed by atoms with Gasteiger partial charge in [0.15, 0.2) is 0 Å². The zero-order valence-electron chi connectivity index (χ0n) is 10.1. The number of rotatable bonds is 5. The van der Waals surface area contributed by atoms with Gasteiger partial charge in [-0.1, -0.05) is 18.5 Å². The molecule has 0 saturated carbocycles. The molecule has 1 rings (SSSR count). The van der Waals surface area contributed by atoms with Gasteiger partial charge in [-0.25, -0.2) is 4.79 Å². The summed E-state index contributed by atoms with van der Waals surface area (Å²) in [5.74, 6) is -0.390. The van der Waals surface area contributed by atoms with Crippen LogP contribution in [0.15, 0.2) is 24.3 Å². The molecule has 0 saturated heterocycles. The molecule has 0 aromatic heterocycles. The topological polar surface area (TPSA) is 70.2 Å². The Hall–Kier alpha value is -1.75. The fourth-order valence-corrected chi connectivity index (χ4v) is 1.33. The average Bonchev–Trinajstić information content (AvgIpc) is 2.35. The van der Waals surface area contributed by atoms with Crippen LogP contribution in [0.5, 0.6) is 0 Å². The highest BCUT2D eigenvalue weighted by atomic mass is 35.5. The van der Waals surface area contributed by atoms with Gasteiger partial charge in [0.05, 0.1) is 6.54 Å². The van der Waals surface area contributed by atoms with E-state index in [1.165, 1.54) is 0 Å². The molecule has 5 nitrogen and oxygen atoms in total. The smallest absolute Gasteiger partial charge is 0.321 e. The van der Waals surface area contributed by atoms with Crippen LogP contribution in [0.4, 0.5) is 10.5 Å². The predicted octanol–water partition coefficient (Wildman–Crippen LogP) is 1.99. The summed E-state index contributed by atoms with van der Waals surface area (Å²) < 4.78 is 0. The normalized spacial score (nSPS) is 9.67. The number of hydrogen-bond donors (Lipinski definition) is 3. The largest absolute Gasteiger partial charge is 0.376 e. The van der Waals surface area contributed by atoms with E-state index in [0.717, 1.165) is 12.1 Å². The van der Waals surface area contributed by atoms with Crippen molar-refractivity contribution in [2.45, 2.75) is 13.3 Å². The molecule has 0 bridgehead atoms. The maximum absolute atomic E-state index is 11.4. The third-order valence-corrected chi connectivity index (χ3v) is 2.34. The van der Waals surface area contributed by atoms with Crippen molar-refractivity contribution in [2.24, 2.45) is 0 Å². The van der Waals surface area contributed by atoms with Gasteiger partial charge < -0.3 is 10.6 Å². The number of nitrogens with one attached hydrogen (secondary N) is 3. The third-order valence-electron chi connectivity index (χ3n) is 2.09. The number of halogens is 1. The lowest BCUT2D eigenvalue weighted by Crippen LogP contribution is -2.42. The Morgan fingerprint density at radius 1 is 1.22 bits per heavy atom. The van der Waals surface area contributed by atoms with Crippen LogP contribution in [0, 0.1) is 0 Å². The second kappa shape index (κ2) is 7.55. The van der Waals surface area contributed by atoms with E-state index < -0.39 is 11.9 Å². The van der Waals surface area contributed by atoms with Crippen LogP contribution in [0.2, 0.25) is 5.02 Å². The van der Waals surface area contributed by atoms with Crippen LogP contribution >= 0.6 is 11.6 Å². The second-order valence-corrected chi connectivity index (χ2v) is 4.10. The number of imide groups is 1. The van der Waals surface area contributed by atoms with Crippen LogP contribution < -0.4 is 16.0 Å². The molecular weight excluding hydrogens is 254 g/mol. The van der Waals surface area contributed by atoms with Gasteiger partial charge in [-0.2, -0.15) is 0 Å². The molecule has 1 aromatic rings. The summed E-state index contributed by atoms with van der Waals surface area (Å²) in [5, 5.41) is 8.28. The minimum Gasteiger partial charge on any atom is -0.376 e. The molecule has 0 heterocycles. The lowest BCUT2D eigenvalue weighted by atomic mass is 10.3. The first-order chi connectivity index (χ1) is 8.61. The highest BCUT2D eigenvalue weighted by Crippen LogP contribution is 2.12. The maximum Gasteiger partial charge on any atom is 0.321 e. The number of hydrogen-bond acceptors (Lipinski definition) is 3. The monoisotopic (exact) mass is 269 g/mol. The van der Waals surface area contributed by atoms with E-state index in [2.05, 4.69) is 16.0 Å². The minimum absolute atomic E-state index is 0.0289. The quantitative estimate of drug-likeness (QED) is 0.766. The highest BCUT2D eigenvalue weighted by Gasteiger charge is 2.06. The molecular formula is C12H16ClN3O2. The lowest BCUT2D eigenvalue weighted by molar-refractivity contribution is -0.118. The van der Waals surface area contributed by atoms with Crippen LogP contribution in [-0.2, 0) is 4.79 Å². The van der Waals surface area contributed by atoms with E-state index in [4.69, 9.17) is 11.6 Å². The van der Waals surface area contributed by atoms with E-state index in [1.807, 2.05) is 6.92 Å². The molecule has 6 heteroatoms. The fraction of sp³-hybridized carbons (Fsp3) is 0.333. The third kappa shape index (κ3) is 5.54. The Bertz CT molecular complexity index is 406. The summed E-state index contributed by atoms with van der Waals surface area (Å²) in [6, 6.07) is 6.48. The van der Waals surface area contributed by atoms with Crippen molar-refractivity contribution in [3.63, 3.8) is 0 Å². The average molecular weight is 270 g/mol. The molecule has 0 spiro atoms. The van der Waals surface area contributed by atoms with Crippen molar-refractivity contribution in [3.8, 4) is 0 Å². The van der Waals surface area contributed by atoms with Crippen molar-refractivity contribution in [1.82, 2.24) is 10.6 Å². The SMILES string of the molecule is CCCNC(=O)NC(=O)CNc1ccc(Cl)cc1. The van der Waals surface area contributed by atoms with Crippen molar-refractivity contribution in [1.29, 1.82) is 0 Å². The zero-order valence-corrected chi connectivity index (χ0v) is 10.9. The zero-order chi connectivity index (χ0) is 13.4. The van der Waals surface area contributed by atoms with Crippen LogP contribution in [0.3, 0.4) is 0 Å². The summed E-state index contributed by atoms with van der Waals surface area (Å²) in [5.41, 5.74) is 0.767. The Balaban J connectivity index is 2.28. The number of urea groups is 1. The molecule has 1 aromatic carbocycles. The molecule has 0 aliphatic rings. The van der Waals surface area contributed by atoms with Gasteiger partial charge in [-0.05, 0) is 30.7 Å². The first kappa shape index (κ1) is 14.3. The molecule has 98 valence electrons. The van der Waals surface area contributed by atoms with Gasteiger partial charge in [0, 0.05) is 17.3 Å². The Labute approximate surface area is 111 Å². The van der Waals surface area contributed by atoms with E-state index in [1.54, 1.807) is 24.3 Å². The molecule has 0 unspecified atom stereocenters. The molecule has 18 heavy (non-hydrogen) atoms. The van der Waals surface area contributed by atoms with Crippen molar-refractivity contribution < 1.29 is 9.59 Å². The summed E-state index contributed by atoms with van der Waals surface area (Å²) in [4.78, 5) is 22.6. The number of benzene rings is 1. The van der Waals surface area contributed by atoms with Gasteiger partial charge >= 0.3 is 6.03 Å². The minimum atomic E-state index is -0.472. The van der Waals surface area contributed by atoms with Gasteiger partial charge in [0.25, 0.3) is 0 Å². The van der Waals surface area contributed by atoms with Crippen molar-refractivity contribution >= 4 is 29.2 Å². The van der Waals surface area contributed by atoms with Crippen LogP contribution in [-0.4, -0.2) is 25.0 Å². The predicted molar refractivity (Wildman–Crippen MR) is 71.8 cm³/mol. The van der Waals surface area contributed by atoms with E-state index in [0.29, 0.717) is 11.6 Å². The van der Waals surface area contributed by atoms with E-state index >= 15 is 0 Å². The standard InChI is InChI=1S/C12H16ClN3O2/c1-2-7-14-12(18)16-11(17)8-15-10-5-3-9(13)4-6-10/h3-6,15H,2,7-8H2,1H3,(H2,14,16,17,18). The molecule has 0 fully saturated rings. The van der Waals surface area contributed by atoms with Gasteiger partial charge in [0.1, 0.15) is 0 Å². The number of carbonyl (C=O) groups is 2. The lowest BCUT2D eigenvalue weighted by Gasteiger charge is -2.07. The van der Waals surface area contributed by atoms with Gasteiger partial charge in [-0.3, -0.25) is 10.1 Å². The Kier molecular flexibility index (Phi) is 6.00. The Morgan fingerprint density at radius 2 is 1.89 bits per heavy atom. The van der Waals surface area contributed by atoms with Crippen molar-refractivity contribution in [2.75, 3.05) is 18.4 Å². The van der Waals surface area contributed by atoms with Crippen molar-refractivity contribution in [3.05, 3.63) is 29.3 Å². The molecule has 0 atom stereocenters. The van der Waals surface area contributed by atoms with Crippen LogP contribution in [0.1, 0.15) is 13.3 Å². The van der Waals surface area contributed by atoms with Gasteiger partial charge in [-0.15, -0.1) is 0 Å². The number of amides is 3. The molecule has 3 amide bonds. The second-order valence-electron chi connectivity index (χ2n) is 3.66. The summed E-state index contributed by atoms with van der Waals surface area (Å²) >= 11 is 5.73. The number of anilines is 1. The maximum atomic E-state index is 11.4. The van der Waals surface area contributed by atoms with Gasteiger partial charge in [0.2, 0.25) is 5.91 Å². The molecule has 0 aliphatic heterocycles. The molecule has 0 aliphatic carbocycles. The van der Waals surface area contributed by atoms with Crippen LogP contribution in [0.25, 0.3) is 0 Å². The fourth-order valence-electron chi connectivity index (χ4n) is 1.20. The first-order valence-corrected chi connectivity index (χ1v) is 6.06. The first-order valence-electron chi connectivity index (χ1n) is 5.69. The molecule has 0 radical (unpaired) electrons. The van der Waals surface area contributed by atoms with E-state index in [9.17, 15) is 9.59 Å². The summed E-state index contributed by atoms with van der Waals surface area (Å²) in [6.45, 7) is 2.51.